The molecule has 3 aromatic heterocycles. The quantitative estimate of drug-likeness (QED) is 0.206. The Balaban J connectivity index is 1.17. The minimum atomic E-state index is 0.911. The largest absolute Gasteiger partial charge is 0.454 e. The second-order valence-electron chi connectivity index (χ2n) is 11.8. The average molecular weight is 575 g/mol. The molecule has 3 heteroatoms. The topological polar surface area (TPSA) is 23.0 Å². The molecule has 0 radical (unpaired) electrons. The zero-order chi connectivity index (χ0) is 29.5. The van der Waals surface area contributed by atoms with E-state index in [0.717, 1.165) is 44.3 Å². The number of hydrogen-bond acceptors (Lipinski definition) is 1. The molecule has 0 N–H and O–H groups in total. The highest BCUT2D eigenvalue weighted by Crippen LogP contribution is 2.41. The lowest BCUT2D eigenvalue weighted by Crippen LogP contribution is -1.94. The number of para-hydroxylation sites is 4. The predicted molar refractivity (Wildman–Crippen MR) is 188 cm³/mol. The van der Waals surface area contributed by atoms with Gasteiger partial charge in [-0.15, -0.1) is 0 Å². The molecule has 0 spiro atoms. The van der Waals surface area contributed by atoms with Gasteiger partial charge >= 0.3 is 0 Å². The van der Waals surface area contributed by atoms with Crippen molar-refractivity contribution in [3.05, 3.63) is 158 Å². The van der Waals surface area contributed by atoms with Crippen LogP contribution in [0, 0.1) is 0 Å². The van der Waals surface area contributed by atoms with E-state index in [-0.39, 0.29) is 0 Å². The van der Waals surface area contributed by atoms with Gasteiger partial charge in [0.05, 0.1) is 22.1 Å². The van der Waals surface area contributed by atoms with E-state index in [2.05, 4.69) is 161 Å². The number of aromatic nitrogens is 2. The summed E-state index contributed by atoms with van der Waals surface area (Å²) < 4.78 is 11.3. The van der Waals surface area contributed by atoms with Crippen molar-refractivity contribution >= 4 is 65.6 Å². The van der Waals surface area contributed by atoms with E-state index >= 15 is 0 Å². The van der Waals surface area contributed by atoms with Crippen LogP contribution in [0.5, 0.6) is 0 Å². The van der Waals surface area contributed by atoms with Crippen molar-refractivity contribution in [2.45, 2.75) is 0 Å². The molecule has 0 bridgehead atoms. The van der Waals surface area contributed by atoms with Crippen molar-refractivity contribution in [1.29, 1.82) is 0 Å². The zero-order valence-electron chi connectivity index (χ0n) is 24.3. The van der Waals surface area contributed by atoms with Gasteiger partial charge in [0.2, 0.25) is 0 Å². The highest BCUT2D eigenvalue weighted by atomic mass is 16.3. The van der Waals surface area contributed by atoms with Gasteiger partial charge in [0.1, 0.15) is 5.58 Å². The molecule has 0 aliphatic rings. The van der Waals surface area contributed by atoms with Gasteiger partial charge in [-0.25, -0.2) is 0 Å². The lowest BCUT2D eigenvalue weighted by atomic mass is 10.0. The van der Waals surface area contributed by atoms with E-state index in [1.807, 2.05) is 6.07 Å². The van der Waals surface area contributed by atoms with Crippen LogP contribution in [-0.4, -0.2) is 9.13 Å². The van der Waals surface area contributed by atoms with Crippen molar-refractivity contribution in [2.24, 2.45) is 0 Å². The third-order valence-electron chi connectivity index (χ3n) is 9.33. The van der Waals surface area contributed by atoms with Crippen LogP contribution in [0.25, 0.3) is 88.1 Å². The van der Waals surface area contributed by atoms with Crippen LogP contribution in [-0.2, 0) is 0 Å². The maximum Gasteiger partial charge on any atom is 0.160 e. The highest BCUT2D eigenvalue weighted by molar-refractivity contribution is 6.22. The lowest BCUT2D eigenvalue weighted by molar-refractivity contribution is 0.671. The Labute approximate surface area is 258 Å². The van der Waals surface area contributed by atoms with Crippen LogP contribution in [0.15, 0.2) is 162 Å². The first kappa shape index (κ1) is 24.4. The summed E-state index contributed by atoms with van der Waals surface area (Å²) >= 11 is 0. The fourth-order valence-electron chi connectivity index (χ4n) is 7.31. The number of rotatable bonds is 3. The van der Waals surface area contributed by atoms with Crippen molar-refractivity contribution < 1.29 is 4.42 Å². The molecule has 3 nitrogen and oxygen atoms in total. The van der Waals surface area contributed by atoms with Gasteiger partial charge in [0.25, 0.3) is 0 Å². The molecule has 7 aromatic carbocycles. The minimum Gasteiger partial charge on any atom is -0.454 e. The van der Waals surface area contributed by atoms with Crippen LogP contribution < -0.4 is 0 Å². The van der Waals surface area contributed by atoms with Gasteiger partial charge in [-0.2, -0.15) is 0 Å². The SMILES string of the molecule is c1ccc(-n2c3ccc(-c4ccc(-n5c6ccccc6c6ccccc65)cc4)cc3c3ccc4c5ccccc5oc4c32)cc1. The predicted octanol–water partition coefficient (Wildman–Crippen LogP) is 11.4. The van der Waals surface area contributed by atoms with E-state index in [0.29, 0.717) is 0 Å². The fourth-order valence-corrected chi connectivity index (χ4v) is 7.31. The van der Waals surface area contributed by atoms with Crippen molar-refractivity contribution in [1.82, 2.24) is 9.13 Å². The summed E-state index contributed by atoms with van der Waals surface area (Å²) in [5, 5.41) is 7.22. The fraction of sp³-hybridized carbons (Fsp3) is 0. The lowest BCUT2D eigenvalue weighted by Gasteiger charge is -2.10. The smallest absolute Gasteiger partial charge is 0.160 e. The second-order valence-corrected chi connectivity index (χ2v) is 11.8. The number of nitrogens with zero attached hydrogens (tertiary/aromatic N) is 2. The Bertz CT molecular complexity index is 2690. The molecule has 0 saturated heterocycles. The maximum absolute atomic E-state index is 6.56. The third-order valence-corrected chi connectivity index (χ3v) is 9.33. The van der Waals surface area contributed by atoms with Gasteiger partial charge in [-0.3, -0.25) is 0 Å². The van der Waals surface area contributed by atoms with Gasteiger partial charge < -0.3 is 13.6 Å². The van der Waals surface area contributed by atoms with E-state index < -0.39 is 0 Å². The van der Waals surface area contributed by atoms with Crippen LogP contribution in [0.4, 0.5) is 0 Å². The molecule has 0 aliphatic heterocycles. The van der Waals surface area contributed by atoms with E-state index in [9.17, 15) is 0 Å². The summed E-state index contributed by atoms with van der Waals surface area (Å²) in [4.78, 5) is 0. The van der Waals surface area contributed by atoms with Crippen LogP contribution in [0.3, 0.4) is 0 Å². The average Bonchev–Trinajstić information content (AvgIpc) is 3.76. The molecule has 0 atom stereocenters. The molecule has 10 rings (SSSR count). The summed E-state index contributed by atoms with van der Waals surface area (Å²) in [6.07, 6.45) is 0. The molecular weight excluding hydrogens is 548 g/mol. The molecule has 0 aliphatic carbocycles. The first-order valence-corrected chi connectivity index (χ1v) is 15.4. The highest BCUT2D eigenvalue weighted by Gasteiger charge is 2.19. The number of fused-ring (bicyclic) bond motifs is 10. The van der Waals surface area contributed by atoms with Crippen molar-refractivity contribution in [3.63, 3.8) is 0 Å². The van der Waals surface area contributed by atoms with Crippen LogP contribution in [0.1, 0.15) is 0 Å². The Morgan fingerprint density at radius 1 is 0.356 bits per heavy atom. The molecule has 0 fully saturated rings. The maximum atomic E-state index is 6.56. The van der Waals surface area contributed by atoms with Gasteiger partial charge in [0.15, 0.2) is 5.58 Å². The first-order valence-electron chi connectivity index (χ1n) is 15.4. The first-order chi connectivity index (χ1) is 22.3. The summed E-state index contributed by atoms with van der Waals surface area (Å²) in [6.45, 7) is 0. The molecular formula is C42H26N2O. The standard InChI is InChI=1S/C42H26N2O/c1-2-10-29(11-3-1)44-39-25-20-28(26-36(39)34-23-24-35-33-14-6-9-17-40(33)45-42(35)41(34)44)27-18-21-30(22-19-27)43-37-15-7-4-12-31(37)32-13-5-8-16-38(32)43/h1-26H. The van der Waals surface area contributed by atoms with Gasteiger partial charge in [-0.1, -0.05) is 97.1 Å². The Morgan fingerprint density at radius 2 is 0.933 bits per heavy atom. The zero-order valence-corrected chi connectivity index (χ0v) is 24.3. The normalized spacial score (nSPS) is 12.0. The number of hydrogen-bond donors (Lipinski definition) is 0. The van der Waals surface area contributed by atoms with E-state index in [4.69, 9.17) is 4.42 Å². The molecule has 10 aromatic rings. The number of benzene rings is 7. The van der Waals surface area contributed by atoms with Crippen molar-refractivity contribution in [3.8, 4) is 22.5 Å². The molecule has 45 heavy (non-hydrogen) atoms. The minimum absolute atomic E-state index is 0.911. The van der Waals surface area contributed by atoms with Crippen molar-refractivity contribution in [2.75, 3.05) is 0 Å². The Hall–Kier alpha value is -6.06. The third kappa shape index (κ3) is 3.46. The number of furan rings is 1. The summed E-state index contributed by atoms with van der Waals surface area (Å²) in [5.41, 5.74) is 11.2. The van der Waals surface area contributed by atoms with Gasteiger partial charge in [0, 0.05) is 43.7 Å². The summed E-state index contributed by atoms with van der Waals surface area (Å²) in [7, 11) is 0. The van der Waals surface area contributed by atoms with E-state index in [1.54, 1.807) is 0 Å². The Kier molecular flexibility index (Phi) is 5.00. The molecule has 3 heterocycles. The Morgan fingerprint density at radius 3 is 1.69 bits per heavy atom. The molecule has 210 valence electrons. The van der Waals surface area contributed by atoms with Gasteiger partial charge in [-0.05, 0) is 71.8 Å². The second kappa shape index (κ2) is 9.22. The molecule has 0 amide bonds. The monoisotopic (exact) mass is 574 g/mol. The van der Waals surface area contributed by atoms with E-state index in [1.165, 1.54) is 43.7 Å². The van der Waals surface area contributed by atoms with Crippen LogP contribution >= 0.6 is 0 Å². The summed E-state index contributed by atoms with van der Waals surface area (Å²) in [5.74, 6) is 0. The summed E-state index contributed by atoms with van der Waals surface area (Å²) in [6, 6.07) is 56.5. The molecule has 0 saturated carbocycles. The molecule has 0 unspecified atom stereocenters. The van der Waals surface area contributed by atoms with Crippen LogP contribution in [0.2, 0.25) is 0 Å².